The smallest absolute Gasteiger partial charge is 0.255 e. The number of nitrogens with one attached hydrogen (secondary N) is 1. The summed E-state index contributed by atoms with van der Waals surface area (Å²) >= 11 is 0. The Kier molecular flexibility index (Phi) is 21.5. The Hall–Kier alpha value is -1.07. The standard InChI is InChI=1S/C30H54N2O2.BrH/c1-4-5-6-7-8-9-10-11-12-13-14-15-16-17-18-21-26-32(2,3)27-22-25-31-30(34)28-23-19-20-24-29(28)33;/h19-20,23-24H,4-18,21-22,25-27H2,1-3H3,(H-,31,33,34);1H. The highest BCUT2D eigenvalue weighted by Crippen LogP contribution is 2.16. The highest BCUT2D eigenvalue weighted by molar-refractivity contribution is 5.96. The van der Waals surface area contributed by atoms with E-state index in [1.165, 1.54) is 109 Å². The van der Waals surface area contributed by atoms with E-state index in [0.29, 0.717) is 12.1 Å². The van der Waals surface area contributed by atoms with E-state index in [-0.39, 0.29) is 28.6 Å². The van der Waals surface area contributed by atoms with Gasteiger partial charge in [-0.05, 0) is 25.0 Å². The predicted octanol–water partition coefficient (Wildman–Crippen LogP) is 4.85. The Morgan fingerprint density at radius 1 is 0.714 bits per heavy atom. The van der Waals surface area contributed by atoms with Crippen molar-refractivity contribution in [2.75, 3.05) is 33.7 Å². The summed E-state index contributed by atoms with van der Waals surface area (Å²) in [5, 5.41) is 12.7. The molecule has 0 unspecified atom stereocenters. The number of rotatable bonds is 22. The van der Waals surface area contributed by atoms with Gasteiger partial charge in [0, 0.05) is 13.0 Å². The molecule has 0 aliphatic heterocycles. The molecular formula is C30H55BrN2O2. The number of unbranched alkanes of at least 4 members (excludes halogenated alkanes) is 15. The summed E-state index contributed by atoms with van der Waals surface area (Å²) in [5.41, 5.74) is 0.351. The van der Waals surface area contributed by atoms with E-state index in [2.05, 4.69) is 26.3 Å². The number of phenolic OH excluding ortho intramolecular Hbond substituents is 1. The van der Waals surface area contributed by atoms with Crippen molar-refractivity contribution in [3.8, 4) is 5.75 Å². The number of carbonyl (C=O) groups excluding carboxylic acids is 1. The number of quaternary nitrogens is 1. The number of hydrogen-bond donors (Lipinski definition) is 2. The molecule has 0 aromatic heterocycles. The quantitative estimate of drug-likeness (QED) is 0.159. The van der Waals surface area contributed by atoms with Crippen LogP contribution in [0.3, 0.4) is 0 Å². The van der Waals surface area contributed by atoms with Crippen LogP contribution in [0.5, 0.6) is 5.75 Å². The zero-order valence-electron chi connectivity index (χ0n) is 23.1. The molecule has 1 rings (SSSR count). The van der Waals surface area contributed by atoms with Gasteiger partial charge < -0.3 is 31.9 Å². The fourth-order valence-electron chi connectivity index (χ4n) is 4.67. The molecule has 35 heavy (non-hydrogen) atoms. The lowest BCUT2D eigenvalue weighted by atomic mass is 10.0. The fraction of sp³-hybridized carbons (Fsp3) is 0.767. The topological polar surface area (TPSA) is 49.3 Å². The minimum absolute atomic E-state index is 0. The largest absolute Gasteiger partial charge is 1.00 e. The number of hydrogen-bond acceptors (Lipinski definition) is 2. The minimum atomic E-state index is -0.193. The first-order valence-electron chi connectivity index (χ1n) is 14.3. The summed E-state index contributed by atoms with van der Waals surface area (Å²) in [4.78, 5) is 12.2. The average molecular weight is 556 g/mol. The first-order chi connectivity index (χ1) is 16.5. The molecule has 204 valence electrons. The lowest BCUT2D eigenvalue weighted by molar-refractivity contribution is -0.890. The Balaban J connectivity index is 0.0000116. The van der Waals surface area contributed by atoms with Crippen molar-refractivity contribution in [1.29, 1.82) is 0 Å². The van der Waals surface area contributed by atoms with Crippen molar-refractivity contribution in [3.63, 3.8) is 0 Å². The Morgan fingerprint density at radius 3 is 1.63 bits per heavy atom. The van der Waals surface area contributed by atoms with E-state index in [1.54, 1.807) is 24.3 Å². The summed E-state index contributed by atoms with van der Waals surface area (Å²) in [6.45, 7) is 5.19. The first kappa shape index (κ1) is 33.9. The normalized spacial score (nSPS) is 11.3. The molecule has 0 fully saturated rings. The maximum absolute atomic E-state index is 12.2. The molecule has 0 spiro atoms. The summed E-state index contributed by atoms with van der Waals surface area (Å²) in [6.07, 6.45) is 23.5. The summed E-state index contributed by atoms with van der Waals surface area (Å²) in [6, 6.07) is 6.70. The van der Waals surface area contributed by atoms with Gasteiger partial charge >= 0.3 is 0 Å². The second-order valence-corrected chi connectivity index (χ2v) is 10.8. The number of amides is 1. The van der Waals surface area contributed by atoms with E-state index >= 15 is 0 Å². The van der Waals surface area contributed by atoms with E-state index in [4.69, 9.17) is 0 Å². The fourth-order valence-corrected chi connectivity index (χ4v) is 4.67. The van der Waals surface area contributed by atoms with E-state index in [9.17, 15) is 9.90 Å². The SMILES string of the molecule is CCCCCCCCCCCCCCCCCC[N+](C)(C)CCCNC(=O)c1ccccc1O.[Br-]. The monoisotopic (exact) mass is 554 g/mol. The third kappa shape index (κ3) is 18.8. The lowest BCUT2D eigenvalue weighted by Crippen LogP contribution is -3.00. The predicted molar refractivity (Wildman–Crippen MR) is 146 cm³/mol. The molecule has 0 bridgehead atoms. The molecule has 1 aromatic carbocycles. The van der Waals surface area contributed by atoms with Crippen molar-refractivity contribution in [2.45, 2.75) is 116 Å². The molecule has 0 aliphatic carbocycles. The number of nitrogens with zero attached hydrogens (tertiary/aromatic N) is 1. The van der Waals surface area contributed by atoms with Gasteiger partial charge in [0.1, 0.15) is 5.75 Å². The molecular weight excluding hydrogens is 500 g/mol. The molecule has 4 nitrogen and oxygen atoms in total. The van der Waals surface area contributed by atoms with Crippen LogP contribution in [0.4, 0.5) is 0 Å². The maximum Gasteiger partial charge on any atom is 0.255 e. The highest BCUT2D eigenvalue weighted by atomic mass is 79.9. The molecule has 5 heteroatoms. The lowest BCUT2D eigenvalue weighted by Gasteiger charge is -2.30. The molecule has 0 aliphatic rings. The second kappa shape index (κ2) is 22.2. The molecule has 0 saturated carbocycles. The van der Waals surface area contributed by atoms with Crippen LogP contribution in [0, 0.1) is 0 Å². The highest BCUT2D eigenvalue weighted by Gasteiger charge is 2.15. The molecule has 0 radical (unpaired) electrons. The van der Waals surface area contributed by atoms with E-state index in [1.807, 2.05) is 0 Å². The van der Waals surface area contributed by atoms with Crippen LogP contribution in [-0.2, 0) is 0 Å². The first-order valence-corrected chi connectivity index (χ1v) is 14.3. The van der Waals surface area contributed by atoms with Crippen LogP contribution < -0.4 is 22.3 Å². The number of aromatic hydroxyl groups is 1. The third-order valence-corrected chi connectivity index (χ3v) is 6.99. The molecule has 0 heterocycles. The van der Waals surface area contributed by atoms with E-state index in [0.717, 1.165) is 17.4 Å². The Morgan fingerprint density at radius 2 is 1.14 bits per heavy atom. The maximum atomic E-state index is 12.2. The number of phenols is 1. The molecule has 0 saturated heterocycles. The zero-order chi connectivity index (χ0) is 24.9. The molecule has 1 amide bonds. The van der Waals surface area contributed by atoms with Crippen LogP contribution in [0.25, 0.3) is 0 Å². The van der Waals surface area contributed by atoms with Crippen molar-refractivity contribution < 1.29 is 31.4 Å². The van der Waals surface area contributed by atoms with Crippen molar-refractivity contribution in [2.24, 2.45) is 0 Å². The molecule has 1 aromatic rings. The van der Waals surface area contributed by atoms with Crippen molar-refractivity contribution >= 4 is 5.91 Å². The van der Waals surface area contributed by atoms with Gasteiger partial charge in [0.2, 0.25) is 0 Å². The number of halogens is 1. The summed E-state index contributed by atoms with van der Waals surface area (Å²) < 4.78 is 1.01. The Bertz CT molecular complexity index is 637. The zero-order valence-corrected chi connectivity index (χ0v) is 24.7. The van der Waals surface area contributed by atoms with Crippen molar-refractivity contribution in [3.05, 3.63) is 29.8 Å². The molecule has 2 N–H and O–H groups in total. The molecule has 0 atom stereocenters. The van der Waals surface area contributed by atoms with Crippen LogP contribution in [-0.4, -0.2) is 49.2 Å². The number of benzene rings is 1. The summed E-state index contributed by atoms with van der Waals surface area (Å²) in [5.74, 6) is -0.152. The second-order valence-electron chi connectivity index (χ2n) is 10.8. The third-order valence-electron chi connectivity index (χ3n) is 6.99. The van der Waals surface area contributed by atoms with Gasteiger partial charge in [0.25, 0.3) is 5.91 Å². The van der Waals surface area contributed by atoms with Gasteiger partial charge in [-0.25, -0.2) is 0 Å². The Labute approximate surface area is 227 Å². The van der Waals surface area contributed by atoms with E-state index < -0.39 is 0 Å². The van der Waals surface area contributed by atoms with Gasteiger partial charge in [-0.15, -0.1) is 0 Å². The van der Waals surface area contributed by atoms with Gasteiger partial charge in [-0.1, -0.05) is 109 Å². The minimum Gasteiger partial charge on any atom is -1.00 e. The van der Waals surface area contributed by atoms with Crippen LogP contribution >= 0.6 is 0 Å². The van der Waals surface area contributed by atoms with Crippen LogP contribution in [0.2, 0.25) is 0 Å². The van der Waals surface area contributed by atoms with Gasteiger partial charge in [-0.2, -0.15) is 0 Å². The van der Waals surface area contributed by atoms with Crippen LogP contribution in [0.1, 0.15) is 126 Å². The summed E-state index contributed by atoms with van der Waals surface area (Å²) in [7, 11) is 4.58. The number of carbonyl (C=O) groups is 1. The average Bonchev–Trinajstić information content (AvgIpc) is 2.81. The van der Waals surface area contributed by atoms with Gasteiger partial charge in [0.15, 0.2) is 0 Å². The van der Waals surface area contributed by atoms with Crippen molar-refractivity contribution in [1.82, 2.24) is 5.32 Å². The van der Waals surface area contributed by atoms with Gasteiger partial charge in [0.05, 0.1) is 32.7 Å². The van der Waals surface area contributed by atoms with Gasteiger partial charge in [-0.3, -0.25) is 4.79 Å². The van der Waals surface area contributed by atoms with Crippen LogP contribution in [0.15, 0.2) is 24.3 Å². The number of para-hydroxylation sites is 1.